The Morgan fingerprint density at radius 1 is 0.952 bits per heavy atom. The van der Waals surface area contributed by atoms with Gasteiger partial charge in [0, 0.05) is 6.54 Å². The third-order valence-corrected chi connectivity index (χ3v) is 4.03. The molecule has 9 heteroatoms. The molecule has 124 valence electrons. The van der Waals surface area contributed by atoms with Gasteiger partial charge < -0.3 is 46.1 Å². The Labute approximate surface area is 122 Å². The Morgan fingerprint density at radius 2 is 1.62 bits per heavy atom. The average Bonchev–Trinajstić information content (AvgIpc) is 2.71. The third kappa shape index (κ3) is 3.36. The summed E-state index contributed by atoms with van der Waals surface area (Å²) in [6.45, 7) is 1.64. The van der Waals surface area contributed by atoms with Gasteiger partial charge in [-0.2, -0.15) is 0 Å². The first-order valence-electron chi connectivity index (χ1n) is 6.97. The van der Waals surface area contributed by atoms with E-state index in [1.165, 1.54) is 0 Å². The van der Waals surface area contributed by atoms with Gasteiger partial charge in [0.2, 0.25) is 0 Å². The molecular weight excluding hydrogens is 284 g/mol. The van der Waals surface area contributed by atoms with Crippen molar-refractivity contribution in [2.75, 3.05) is 13.2 Å². The SMILES string of the molecule is C[C@H]1O[C@H](COC2O[C@H](CN)[C@@H](O)[C@H](O)[C@H]2O)[C@H](O)[C@H]1N. The van der Waals surface area contributed by atoms with Crippen LogP contribution in [0.3, 0.4) is 0 Å². The van der Waals surface area contributed by atoms with Crippen molar-refractivity contribution < 1.29 is 34.6 Å². The van der Waals surface area contributed by atoms with E-state index in [0.717, 1.165) is 0 Å². The summed E-state index contributed by atoms with van der Waals surface area (Å²) in [5.41, 5.74) is 11.2. The first kappa shape index (κ1) is 17.0. The highest BCUT2D eigenvalue weighted by atomic mass is 16.7. The number of nitrogens with two attached hydrogens (primary N) is 2. The molecule has 9 nitrogen and oxygen atoms in total. The second-order valence-corrected chi connectivity index (χ2v) is 5.53. The lowest BCUT2D eigenvalue weighted by atomic mass is 9.99. The van der Waals surface area contributed by atoms with Crippen LogP contribution >= 0.6 is 0 Å². The summed E-state index contributed by atoms with van der Waals surface area (Å²) in [5.74, 6) is 0. The molecule has 8 N–H and O–H groups in total. The highest BCUT2D eigenvalue weighted by Crippen LogP contribution is 2.24. The van der Waals surface area contributed by atoms with Crippen LogP contribution in [0.15, 0.2) is 0 Å². The summed E-state index contributed by atoms with van der Waals surface area (Å²) in [7, 11) is 0. The minimum atomic E-state index is -1.42. The summed E-state index contributed by atoms with van der Waals surface area (Å²) in [6, 6.07) is -0.514. The summed E-state index contributed by atoms with van der Waals surface area (Å²) in [4.78, 5) is 0. The molecule has 0 aromatic heterocycles. The Morgan fingerprint density at radius 3 is 2.14 bits per heavy atom. The maximum absolute atomic E-state index is 9.87. The lowest BCUT2D eigenvalue weighted by molar-refractivity contribution is -0.299. The molecule has 2 rings (SSSR count). The number of aliphatic hydroxyl groups is 4. The van der Waals surface area contributed by atoms with E-state index in [1.54, 1.807) is 6.92 Å². The molecule has 21 heavy (non-hydrogen) atoms. The van der Waals surface area contributed by atoms with Crippen LogP contribution in [0, 0.1) is 0 Å². The number of hydrogen-bond acceptors (Lipinski definition) is 9. The van der Waals surface area contributed by atoms with Gasteiger partial charge in [-0.1, -0.05) is 0 Å². The highest BCUT2D eigenvalue weighted by Gasteiger charge is 2.45. The smallest absolute Gasteiger partial charge is 0.186 e. The number of hydrogen-bond donors (Lipinski definition) is 6. The van der Waals surface area contributed by atoms with Crippen LogP contribution in [0.2, 0.25) is 0 Å². The lowest BCUT2D eigenvalue weighted by Crippen LogP contribution is -2.60. The average molecular weight is 308 g/mol. The molecule has 0 saturated carbocycles. The number of ether oxygens (including phenoxy) is 3. The first-order chi connectivity index (χ1) is 9.86. The molecule has 0 aromatic carbocycles. The molecule has 0 spiro atoms. The Bertz CT molecular complexity index is 346. The fourth-order valence-corrected chi connectivity index (χ4v) is 2.55. The van der Waals surface area contributed by atoms with Gasteiger partial charge in [-0.3, -0.25) is 0 Å². The standard InChI is InChI=1S/C12H24N2O7/c1-4-7(14)8(15)6(20-4)3-19-12-11(18)10(17)9(16)5(2-13)21-12/h4-12,15-18H,2-3,13-14H2,1H3/t4-,5-,6-,7+,8+,9-,10+,11-,12?/m1/s1. The van der Waals surface area contributed by atoms with Gasteiger partial charge >= 0.3 is 0 Å². The van der Waals surface area contributed by atoms with Gasteiger partial charge in [-0.15, -0.1) is 0 Å². The molecule has 2 fully saturated rings. The van der Waals surface area contributed by atoms with Crippen LogP contribution in [0.5, 0.6) is 0 Å². The molecule has 2 aliphatic heterocycles. The van der Waals surface area contributed by atoms with Crippen LogP contribution in [0.25, 0.3) is 0 Å². The molecule has 0 radical (unpaired) electrons. The molecule has 0 amide bonds. The summed E-state index contributed by atoms with van der Waals surface area (Å²) in [5, 5.41) is 39.1. The monoisotopic (exact) mass is 308 g/mol. The van der Waals surface area contributed by atoms with Crippen LogP contribution in [0.4, 0.5) is 0 Å². The zero-order valence-corrected chi connectivity index (χ0v) is 11.8. The van der Waals surface area contributed by atoms with Crippen LogP contribution in [-0.4, -0.2) is 88.6 Å². The molecule has 2 saturated heterocycles. The highest BCUT2D eigenvalue weighted by molar-refractivity contribution is 4.93. The van der Waals surface area contributed by atoms with Crippen molar-refractivity contribution in [3.8, 4) is 0 Å². The molecule has 9 atom stereocenters. The van der Waals surface area contributed by atoms with Crippen molar-refractivity contribution in [1.82, 2.24) is 0 Å². The first-order valence-corrected chi connectivity index (χ1v) is 6.97. The summed E-state index contributed by atoms with van der Waals surface area (Å²) < 4.78 is 16.1. The normalized spacial score (nSPS) is 51.3. The molecule has 0 aliphatic carbocycles. The van der Waals surface area contributed by atoms with E-state index >= 15 is 0 Å². The molecule has 0 aromatic rings. The fraction of sp³-hybridized carbons (Fsp3) is 1.00. The van der Waals surface area contributed by atoms with E-state index in [9.17, 15) is 20.4 Å². The van der Waals surface area contributed by atoms with Crippen molar-refractivity contribution in [3.63, 3.8) is 0 Å². The Kier molecular flexibility index (Phi) is 5.52. The van der Waals surface area contributed by atoms with Crippen molar-refractivity contribution in [3.05, 3.63) is 0 Å². The van der Waals surface area contributed by atoms with Gasteiger partial charge in [0.15, 0.2) is 6.29 Å². The maximum Gasteiger partial charge on any atom is 0.186 e. The second kappa shape index (κ2) is 6.82. The van der Waals surface area contributed by atoms with Gasteiger partial charge in [0.25, 0.3) is 0 Å². The molecular formula is C12H24N2O7. The van der Waals surface area contributed by atoms with E-state index in [2.05, 4.69) is 0 Å². The minimum absolute atomic E-state index is 0.0325. The molecule has 2 aliphatic rings. The fourth-order valence-electron chi connectivity index (χ4n) is 2.55. The lowest BCUT2D eigenvalue weighted by Gasteiger charge is -2.40. The van der Waals surface area contributed by atoms with Crippen molar-refractivity contribution in [2.45, 2.75) is 62.0 Å². The Balaban J connectivity index is 1.90. The quantitative estimate of drug-likeness (QED) is 0.306. The largest absolute Gasteiger partial charge is 0.389 e. The number of rotatable bonds is 4. The predicted molar refractivity (Wildman–Crippen MR) is 70.0 cm³/mol. The van der Waals surface area contributed by atoms with Gasteiger partial charge in [0.1, 0.15) is 30.5 Å². The van der Waals surface area contributed by atoms with Crippen LogP contribution < -0.4 is 11.5 Å². The maximum atomic E-state index is 9.87. The molecule has 0 bridgehead atoms. The topological polar surface area (TPSA) is 161 Å². The van der Waals surface area contributed by atoms with Crippen molar-refractivity contribution in [1.29, 1.82) is 0 Å². The summed E-state index contributed by atoms with van der Waals surface area (Å²) >= 11 is 0. The van der Waals surface area contributed by atoms with Crippen LogP contribution in [-0.2, 0) is 14.2 Å². The third-order valence-electron chi connectivity index (χ3n) is 4.03. The van der Waals surface area contributed by atoms with Crippen molar-refractivity contribution in [2.24, 2.45) is 11.5 Å². The minimum Gasteiger partial charge on any atom is -0.389 e. The molecule has 1 unspecified atom stereocenters. The Hall–Kier alpha value is -0.360. The second-order valence-electron chi connectivity index (χ2n) is 5.53. The van der Waals surface area contributed by atoms with Gasteiger partial charge in [-0.25, -0.2) is 0 Å². The van der Waals surface area contributed by atoms with E-state index in [-0.39, 0.29) is 19.3 Å². The van der Waals surface area contributed by atoms with Gasteiger partial charge in [-0.05, 0) is 6.92 Å². The van der Waals surface area contributed by atoms with E-state index < -0.39 is 49.0 Å². The zero-order chi connectivity index (χ0) is 15.7. The summed E-state index contributed by atoms with van der Waals surface area (Å²) in [6.07, 6.45) is -7.99. The van der Waals surface area contributed by atoms with Gasteiger partial charge in [0.05, 0.1) is 24.9 Å². The van der Waals surface area contributed by atoms with E-state index in [0.29, 0.717) is 0 Å². The van der Waals surface area contributed by atoms with E-state index in [4.69, 9.17) is 25.7 Å². The molecule has 2 heterocycles. The zero-order valence-electron chi connectivity index (χ0n) is 11.8. The van der Waals surface area contributed by atoms with Crippen molar-refractivity contribution >= 4 is 0 Å². The van der Waals surface area contributed by atoms with E-state index in [1.807, 2.05) is 0 Å². The van der Waals surface area contributed by atoms with Crippen LogP contribution in [0.1, 0.15) is 6.92 Å². The number of aliphatic hydroxyl groups excluding tert-OH is 4. The predicted octanol–water partition coefficient (Wildman–Crippen LogP) is -3.76.